The predicted octanol–water partition coefficient (Wildman–Crippen LogP) is 0.0340. The van der Waals surface area contributed by atoms with Gasteiger partial charge in [-0.25, -0.2) is 0 Å². The van der Waals surface area contributed by atoms with Crippen molar-refractivity contribution in [2.45, 2.75) is 19.4 Å². The summed E-state index contributed by atoms with van der Waals surface area (Å²) in [6.07, 6.45) is 0.243. The average molecular weight is 119 g/mol. The summed E-state index contributed by atoms with van der Waals surface area (Å²) in [4.78, 5) is 9.38. The Bertz CT molecular complexity index is 83.4. The molecule has 0 aliphatic carbocycles. The van der Waals surface area contributed by atoms with E-state index in [2.05, 4.69) is 0 Å². The molecule has 0 aromatic rings. The standard InChI is InChI=1S/C4H9NO3/c1-4(2-3-6)5(7)8/h4,6H,2-3H2,1H3. The van der Waals surface area contributed by atoms with Crippen LogP contribution in [0, 0.1) is 10.1 Å². The Hall–Kier alpha value is -0.640. The summed E-state index contributed by atoms with van der Waals surface area (Å²) in [7, 11) is 0. The maximum Gasteiger partial charge on any atom is 0.212 e. The van der Waals surface area contributed by atoms with Gasteiger partial charge in [-0.15, -0.1) is 0 Å². The third-order valence-electron chi connectivity index (χ3n) is 0.907. The van der Waals surface area contributed by atoms with Crippen LogP contribution in [0.4, 0.5) is 0 Å². The molecule has 0 heterocycles. The Morgan fingerprint density at radius 1 is 1.88 bits per heavy atom. The second-order valence-electron chi connectivity index (χ2n) is 1.65. The Morgan fingerprint density at radius 2 is 2.38 bits per heavy atom. The van der Waals surface area contributed by atoms with Crippen LogP contribution in [0.15, 0.2) is 0 Å². The van der Waals surface area contributed by atoms with Gasteiger partial charge >= 0.3 is 0 Å². The minimum absolute atomic E-state index is 0.109. The van der Waals surface area contributed by atoms with Gasteiger partial charge in [-0.2, -0.15) is 0 Å². The molecule has 8 heavy (non-hydrogen) atoms. The summed E-state index contributed by atoms with van der Waals surface area (Å²) in [6, 6.07) is -0.611. The summed E-state index contributed by atoms with van der Waals surface area (Å²) in [5.74, 6) is 0. The molecule has 0 amide bonds. The number of rotatable bonds is 3. The average Bonchev–Trinajstić information content (AvgIpc) is 1.67. The maximum atomic E-state index is 9.78. The van der Waals surface area contributed by atoms with E-state index in [9.17, 15) is 10.1 Å². The molecule has 0 bridgehead atoms. The molecule has 0 spiro atoms. The number of hydrogen-bond acceptors (Lipinski definition) is 3. The Balaban J connectivity index is 3.32. The largest absolute Gasteiger partial charge is 0.396 e. The van der Waals surface area contributed by atoms with Gasteiger partial charge in [0.1, 0.15) is 0 Å². The van der Waals surface area contributed by atoms with Crippen molar-refractivity contribution in [3.8, 4) is 0 Å². The second kappa shape index (κ2) is 3.37. The first-order chi connectivity index (χ1) is 3.68. The van der Waals surface area contributed by atoms with Gasteiger partial charge in [-0.1, -0.05) is 0 Å². The molecule has 4 nitrogen and oxygen atoms in total. The first-order valence-electron chi connectivity index (χ1n) is 2.43. The van der Waals surface area contributed by atoms with Crippen molar-refractivity contribution in [1.82, 2.24) is 0 Å². The van der Waals surface area contributed by atoms with Gasteiger partial charge < -0.3 is 5.11 Å². The quantitative estimate of drug-likeness (QED) is 0.421. The normalized spacial score (nSPS) is 13.2. The van der Waals surface area contributed by atoms with Gasteiger partial charge in [0.15, 0.2) is 0 Å². The van der Waals surface area contributed by atoms with Crippen molar-refractivity contribution in [1.29, 1.82) is 0 Å². The van der Waals surface area contributed by atoms with Crippen molar-refractivity contribution >= 4 is 0 Å². The van der Waals surface area contributed by atoms with E-state index >= 15 is 0 Å². The van der Waals surface area contributed by atoms with E-state index in [1.165, 1.54) is 6.92 Å². The molecular formula is C4H9NO3. The molecule has 1 unspecified atom stereocenters. The van der Waals surface area contributed by atoms with Crippen LogP contribution in [-0.4, -0.2) is 22.7 Å². The van der Waals surface area contributed by atoms with E-state index in [1.54, 1.807) is 0 Å². The first kappa shape index (κ1) is 7.36. The van der Waals surface area contributed by atoms with Crippen LogP contribution in [0.25, 0.3) is 0 Å². The van der Waals surface area contributed by atoms with Crippen molar-refractivity contribution in [2.75, 3.05) is 6.61 Å². The van der Waals surface area contributed by atoms with Gasteiger partial charge in [-0.3, -0.25) is 10.1 Å². The van der Waals surface area contributed by atoms with Crippen LogP contribution < -0.4 is 0 Å². The lowest BCUT2D eigenvalue weighted by Crippen LogP contribution is -2.15. The monoisotopic (exact) mass is 119 g/mol. The minimum Gasteiger partial charge on any atom is -0.396 e. The minimum atomic E-state index is -0.611. The number of aliphatic hydroxyl groups is 1. The number of nitrogens with zero attached hydrogens (tertiary/aromatic N) is 1. The molecular weight excluding hydrogens is 110 g/mol. The first-order valence-corrected chi connectivity index (χ1v) is 2.43. The van der Waals surface area contributed by atoms with E-state index in [0.29, 0.717) is 0 Å². The molecule has 0 aliphatic heterocycles. The van der Waals surface area contributed by atoms with Gasteiger partial charge in [0.2, 0.25) is 6.04 Å². The molecule has 0 aliphatic rings. The third kappa shape index (κ3) is 2.52. The Labute approximate surface area is 47.3 Å². The van der Waals surface area contributed by atoms with E-state index in [4.69, 9.17) is 5.11 Å². The molecule has 0 rings (SSSR count). The molecule has 0 saturated heterocycles. The fourth-order valence-corrected chi connectivity index (χ4v) is 0.292. The lowest BCUT2D eigenvalue weighted by Gasteiger charge is -1.97. The molecule has 4 heteroatoms. The highest BCUT2D eigenvalue weighted by Gasteiger charge is 2.09. The summed E-state index contributed by atoms with van der Waals surface area (Å²) < 4.78 is 0. The van der Waals surface area contributed by atoms with Crippen LogP contribution in [0.1, 0.15) is 13.3 Å². The lowest BCUT2D eigenvalue weighted by molar-refractivity contribution is -0.519. The van der Waals surface area contributed by atoms with Crippen LogP contribution in [0.5, 0.6) is 0 Å². The molecule has 1 atom stereocenters. The number of nitro groups is 1. The SMILES string of the molecule is CC(CCO)[N+](=O)[O-]. The zero-order valence-corrected chi connectivity index (χ0v) is 4.70. The molecule has 0 radical (unpaired) electrons. The summed E-state index contributed by atoms with van der Waals surface area (Å²) in [5.41, 5.74) is 0. The van der Waals surface area contributed by atoms with Crippen LogP contribution in [0.3, 0.4) is 0 Å². The van der Waals surface area contributed by atoms with Crippen molar-refractivity contribution in [2.24, 2.45) is 0 Å². The van der Waals surface area contributed by atoms with Crippen molar-refractivity contribution in [3.05, 3.63) is 10.1 Å². The Kier molecular flexibility index (Phi) is 3.10. The number of hydrogen-bond donors (Lipinski definition) is 1. The van der Waals surface area contributed by atoms with E-state index in [0.717, 1.165) is 0 Å². The second-order valence-corrected chi connectivity index (χ2v) is 1.65. The highest BCUT2D eigenvalue weighted by molar-refractivity contribution is 4.44. The number of aliphatic hydroxyl groups excluding tert-OH is 1. The van der Waals surface area contributed by atoms with E-state index in [1.807, 2.05) is 0 Å². The van der Waals surface area contributed by atoms with Crippen LogP contribution in [-0.2, 0) is 0 Å². The summed E-state index contributed by atoms with van der Waals surface area (Å²) in [5, 5.41) is 18.0. The zero-order valence-electron chi connectivity index (χ0n) is 4.70. The summed E-state index contributed by atoms with van der Waals surface area (Å²) >= 11 is 0. The third-order valence-corrected chi connectivity index (χ3v) is 0.907. The van der Waals surface area contributed by atoms with Gasteiger partial charge in [0.05, 0.1) is 0 Å². The highest BCUT2D eigenvalue weighted by Crippen LogP contribution is 1.91. The zero-order chi connectivity index (χ0) is 6.57. The van der Waals surface area contributed by atoms with Crippen molar-refractivity contribution in [3.63, 3.8) is 0 Å². The molecule has 1 N–H and O–H groups in total. The van der Waals surface area contributed by atoms with Gasteiger partial charge in [-0.05, 0) is 0 Å². The lowest BCUT2D eigenvalue weighted by atomic mass is 10.3. The molecule has 0 aromatic heterocycles. The van der Waals surface area contributed by atoms with Gasteiger partial charge in [0.25, 0.3) is 0 Å². The van der Waals surface area contributed by atoms with Crippen LogP contribution in [0.2, 0.25) is 0 Å². The fraction of sp³-hybridized carbons (Fsp3) is 1.00. The maximum absolute atomic E-state index is 9.78. The predicted molar refractivity (Wildman–Crippen MR) is 28.2 cm³/mol. The van der Waals surface area contributed by atoms with Crippen molar-refractivity contribution < 1.29 is 10.0 Å². The summed E-state index contributed by atoms with van der Waals surface area (Å²) in [6.45, 7) is 1.36. The molecule has 0 saturated carbocycles. The van der Waals surface area contributed by atoms with Crippen LogP contribution >= 0.6 is 0 Å². The van der Waals surface area contributed by atoms with E-state index in [-0.39, 0.29) is 13.0 Å². The molecule has 48 valence electrons. The smallest absolute Gasteiger partial charge is 0.212 e. The fourth-order valence-electron chi connectivity index (χ4n) is 0.292. The van der Waals surface area contributed by atoms with Gasteiger partial charge in [0, 0.05) is 24.9 Å². The Morgan fingerprint density at radius 3 is 2.50 bits per heavy atom. The highest BCUT2D eigenvalue weighted by atomic mass is 16.6. The molecule has 0 fully saturated rings. The molecule has 0 aromatic carbocycles. The van der Waals surface area contributed by atoms with E-state index < -0.39 is 11.0 Å². The topological polar surface area (TPSA) is 63.4 Å².